The number of esters is 1. The lowest BCUT2D eigenvalue weighted by molar-refractivity contribution is -0.716. The predicted octanol–water partition coefficient (Wildman–Crippen LogP) is 1.34. The number of rotatable bonds is 2. The molecule has 0 fully saturated rings. The Morgan fingerprint density at radius 3 is 2.77 bits per heavy atom. The minimum atomic E-state index is -0.296. The number of carbonyl (C=O) groups is 1. The Morgan fingerprint density at radius 2 is 2.23 bits per heavy atom. The molecule has 0 aromatic carbocycles. The highest BCUT2D eigenvalue weighted by Crippen LogP contribution is 1.99. The SMILES string of the molecule is COC(=O)c1ccc[n+](C(C)C)c1. The van der Waals surface area contributed by atoms with Crippen LogP contribution in [-0.2, 0) is 4.74 Å². The van der Waals surface area contributed by atoms with Gasteiger partial charge >= 0.3 is 5.97 Å². The Morgan fingerprint density at radius 1 is 1.54 bits per heavy atom. The third-order valence-electron chi connectivity index (χ3n) is 1.84. The minimum absolute atomic E-state index is 0.296. The fraction of sp³-hybridized carbons (Fsp3) is 0.400. The molecule has 0 aliphatic carbocycles. The van der Waals surface area contributed by atoms with Crippen LogP contribution in [-0.4, -0.2) is 13.1 Å². The van der Waals surface area contributed by atoms with Crippen LogP contribution >= 0.6 is 0 Å². The van der Waals surface area contributed by atoms with Gasteiger partial charge in [0.25, 0.3) is 0 Å². The zero-order chi connectivity index (χ0) is 9.84. The average molecular weight is 180 g/mol. The summed E-state index contributed by atoms with van der Waals surface area (Å²) in [6.07, 6.45) is 3.72. The Hall–Kier alpha value is -1.38. The molecule has 13 heavy (non-hydrogen) atoms. The van der Waals surface area contributed by atoms with Crippen molar-refractivity contribution >= 4 is 5.97 Å². The third kappa shape index (κ3) is 2.28. The molecule has 0 bridgehead atoms. The first kappa shape index (κ1) is 9.71. The van der Waals surface area contributed by atoms with Crippen molar-refractivity contribution in [2.75, 3.05) is 7.11 Å². The fourth-order valence-electron chi connectivity index (χ4n) is 1.05. The van der Waals surface area contributed by atoms with Crippen molar-refractivity contribution in [1.29, 1.82) is 0 Å². The zero-order valence-electron chi connectivity index (χ0n) is 8.15. The standard InChI is InChI=1S/C10H14NO2/c1-8(2)11-6-4-5-9(7-11)10(12)13-3/h4-8H,1-3H3/q+1. The maximum atomic E-state index is 11.2. The smallest absolute Gasteiger partial charge is 0.343 e. The molecule has 3 nitrogen and oxygen atoms in total. The van der Waals surface area contributed by atoms with Crippen LogP contribution in [0.5, 0.6) is 0 Å². The topological polar surface area (TPSA) is 30.2 Å². The summed E-state index contributed by atoms with van der Waals surface area (Å²) in [4.78, 5) is 11.2. The molecule has 1 rings (SSSR count). The molecule has 0 N–H and O–H groups in total. The number of carbonyl (C=O) groups excluding carboxylic acids is 1. The van der Waals surface area contributed by atoms with Crippen molar-refractivity contribution in [3.63, 3.8) is 0 Å². The van der Waals surface area contributed by atoms with Crippen LogP contribution in [0.2, 0.25) is 0 Å². The number of methoxy groups -OCH3 is 1. The molecule has 1 heterocycles. The molecule has 1 aromatic rings. The predicted molar refractivity (Wildman–Crippen MR) is 48.4 cm³/mol. The molecule has 70 valence electrons. The highest BCUT2D eigenvalue weighted by atomic mass is 16.5. The molecule has 0 unspecified atom stereocenters. The largest absolute Gasteiger partial charge is 0.465 e. The summed E-state index contributed by atoms with van der Waals surface area (Å²) < 4.78 is 6.58. The van der Waals surface area contributed by atoms with Crippen LogP contribution in [0.1, 0.15) is 30.2 Å². The van der Waals surface area contributed by atoms with Crippen molar-refractivity contribution in [2.45, 2.75) is 19.9 Å². The Bertz CT molecular complexity index is 308. The fourth-order valence-corrected chi connectivity index (χ4v) is 1.05. The van der Waals surface area contributed by atoms with Gasteiger partial charge in [0, 0.05) is 6.07 Å². The van der Waals surface area contributed by atoms with Crippen LogP contribution in [0.15, 0.2) is 24.5 Å². The first-order valence-corrected chi connectivity index (χ1v) is 4.24. The number of pyridine rings is 1. The quantitative estimate of drug-likeness (QED) is 0.508. The van der Waals surface area contributed by atoms with E-state index in [9.17, 15) is 4.79 Å². The maximum Gasteiger partial charge on any atom is 0.343 e. The highest BCUT2D eigenvalue weighted by Gasteiger charge is 2.11. The van der Waals surface area contributed by atoms with E-state index in [0.717, 1.165) is 0 Å². The van der Waals surface area contributed by atoms with Gasteiger partial charge in [0.15, 0.2) is 18.4 Å². The number of hydrogen-bond donors (Lipinski definition) is 0. The molecule has 1 aromatic heterocycles. The summed E-state index contributed by atoms with van der Waals surface area (Å²) in [6, 6.07) is 3.93. The zero-order valence-corrected chi connectivity index (χ0v) is 8.15. The van der Waals surface area contributed by atoms with Gasteiger partial charge in [-0.2, -0.15) is 0 Å². The Kier molecular flexibility index (Phi) is 3.01. The van der Waals surface area contributed by atoms with Gasteiger partial charge in [0.2, 0.25) is 0 Å². The highest BCUT2D eigenvalue weighted by molar-refractivity contribution is 5.88. The van der Waals surface area contributed by atoms with E-state index in [1.165, 1.54) is 7.11 Å². The minimum Gasteiger partial charge on any atom is -0.465 e. The van der Waals surface area contributed by atoms with E-state index in [4.69, 9.17) is 0 Å². The molecule has 0 saturated heterocycles. The second kappa shape index (κ2) is 4.03. The Labute approximate surface area is 78.0 Å². The van der Waals surface area contributed by atoms with Crippen molar-refractivity contribution in [3.05, 3.63) is 30.1 Å². The third-order valence-corrected chi connectivity index (χ3v) is 1.84. The van der Waals surface area contributed by atoms with Gasteiger partial charge in [-0.05, 0) is 19.9 Å². The van der Waals surface area contributed by atoms with Crippen LogP contribution in [0.3, 0.4) is 0 Å². The average Bonchev–Trinajstić information content (AvgIpc) is 2.17. The monoisotopic (exact) mass is 180 g/mol. The molecule has 3 heteroatoms. The number of hydrogen-bond acceptors (Lipinski definition) is 2. The summed E-state index contributed by atoms with van der Waals surface area (Å²) >= 11 is 0. The van der Waals surface area contributed by atoms with Crippen molar-refractivity contribution in [2.24, 2.45) is 0 Å². The molecule has 0 radical (unpaired) electrons. The van der Waals surface area contributed by atoms with Gasteiger partial charge in [0.05, 0.1) is 7.11 Å². The Balaban J connectivity index is 2.98. The summed E-state index contributed by atoms with van der Waals surface area (Å²) in [5.74, 6) is -0.296. The maximum absolute atomic E-state index is 11.2. The van der Waals surface area contributed by atoms with Gasteiger partial charge < -0.3 is 4.74 Å². The van der Waals surface area contributed by atoms with Gasteiger partial charge in [-0.1, -0.05) is 0 Å². The van der Waals surface area contributed by atoms with Gasteiger partial charge in [-0.3, -0.25) is 0 Å². The summed E-state index contributed by atoms with van der Waals surface area (Å²) in [5, 5.41) is 0. The van der Waals surface area contributed by atoms with Gasteiger partial charge in [-0.15, -0.1) is 0 Å². The summed E-state index contributed by atoms with van der Waals surface area (Å²) in [5.41, 5.74) is 0.582. The van der Waals surface area contributed by atoms with E-state index >= 15 is 0 Å². The second-order valence-corrected chi connectivity index (χ2v) is 3.13. The number of aromatic nitrogens is 1. The number of ether oxygens (including phenoxy) is 1. The molecule has 0 aliphatic heterocycles. The van der Waals surface area contributed by atoms with Crippen LogP contribution in [0.4, 0.5) is 0 Å². The molecule has 0 atom stereocenters. The van der Waals surface area contributed by atoms with Gasteiger partial charge in [-0.25, -0.2) is 9.36 Å². The lowest BCUT2D eigenvalue weighted by atomic mass is 10.2. The lowest BCUT2D eigenvalue weighted by Gasteiger charge is -2.01. The lowest BCUT2D eigenvalue weighted by Crippen LogP contribution is -2.36. The number of nitrogens with zero attached hydrogens (tertiary/aromatic N) is 1. The first-order chi connectivity index (χ1) is 6.15. The molecular weight excluding hydrogens is 166 g/mol. The normalized spacial score (nSPS) is 10.2. The first-order valence-electron chi connectivity index (χ1n) is 4.24. The molecule has 0 saturated carbocycles. The molecule has 0 spiro atoms. The summed E-state index contributed by atoms with van der Waals surface area (Å²) in [6.45, 7) is 4.11. The molecule has 0 aliphatic rings. The van der Waals surface area contributed by atoms with Crippen molar-refractivity contribution in [3.8, 4) is 0 Å². The van der Waals surface area contributed by atoms with E-state index in [1.807, 2.05) is 16.8 Å². The van der Waals surface area contributed by atoms with Crippen LogP contribution in [0, 0.1) is 0 Å². The molecule has 0 amide bonds. The second-order valence-electron chi connectivity index (χ2n) is 3.13. The summed E-state index contributed by atoms with van der Waals surface area (Å²) in [7, 11) is 1.38. The van der Waals surface area contributed by atoms with E-state index < -0.39 is 0 Å². The van der Waals surface area contributed by atoms with Crippen LogP contribution < -0.4 is 4.57 Å². The van der Waals surface area contributed by atoms with Crippen LogP contribution in [0.25, 0.3) is 0 Å². The van der Waals surface area contributed by atoms with E-state index in [2.05, 4.69) is 18.6 Å². The molecular formula is C10H14NO2+. The van der Waals surface area contributed by atoms with E-state index in [-0.39, 0.29) is 5.97 Å². The van der Waals surface area contributed by atoms with Gasteiger partial charge in [0.1, 0.15) is 5.56 Å². The van der Waals surface area contributed by atoms with Crippen molar-refractivity contribution in [1.82, 2.24) is 0 Å². The van der Waals surface area contributed by atoms with Crippen molar-refractivity contribution < 1.29 is 14.1 Å². The van der Waals surface area contributed by atoms with E-state index in [0.29, 0.717) is 11.6 Å². The van der Waals surface area contributed by atoms with E-state index in [1.54, 1.807) is 12.3 Å².